The highest BCUT2D eigenvalue weighted by molar-refractivity contribution is 14.1. The Hall–Kier alpha value is -2.55. The average molecular weight is 620 g/mol. The summed E-state index contributed by atoms with van der Waals surface area (Å²) >= 11 is 14.5. The fourth-order valence-electron chi connectivity index (χ4n) is 3.91. The van der Waals surface area contributed by atoms with Crippen molar-refractivity contribution >= 4 is 74.2 Å². The summed E-state index contributed by atoms with van der Waals surface area (Å²) in [5.41, 5.74) is 2.46. The number of fused-ring (bicyclic) bond motifs is 1. The van der Waals surface area contributed by atoms with E-state index < -0.39 is 6.04 Å². The largest absolute Gasteiger partial charge is 0.356 e. The zero-order valence-corrected chi connectivity index (χ0v) is 22.7. The molecule has 4 rings (SSSR count). The van der Waals surface area contributed by atoms with Gasteiger partial charge in [0.15, 0.2) is 6.04 Å². The normalized spacial score (nSPS) is 11.9. The quantitative estimate of drug-likeness (QED) is 0.160. The van der Waals surface area contributed by atoms with Crippen molar-refractivity contribution in [3.05, 3.63) is 97.7 Å². The summed E-state index contributed by atoms with van der Waals surface area (Å²) in [4.78, 5) is 32.7. The summed E-state index contributed by atoms with van der Waals surface area (Å²) in [7, 11) is 0. The number of amides is 2. The molecule has 4 aromatic rings. The second-order valence-corrected chi connectivity index (χ2v) is 10.1. The first-order valence-corrected chi connectivity index (χ1v) is 13.1. The monoisotopic (exact) mass is 619 g/mol. The zero-order chi connectivity index (χ0) is 24.9. The predicted octanol–water partition coefficient (Wildman–Crippen LogP) is 7.38. The van der Waals surface area contributed by atoms with Crippen molar-refractivity contribution in [2.45, 2.75) is 25.8 Å². The van der Waals surface area contributed by atoms with Crippen LogP contribution in [0.1, 0.15) is 41.9 Å². The molecule has 2 N–H and O–H groups in total. The van der Waals surface area contributed by atoms with Crippen molar-refractivity contribution in [3.8, 4) is 0 Å². The highest BCUT2D eigenvalue weighted by Gasteiger charge is 2.35. The number of aromatic nitrogens is 1. The number of H-pyrrole nitrogens is 1. The number of aromatic amines is 1. The number of rotatable bonds is 8. The zero-order valence-electron chi connectivity index (χ0n) is 19.0. The number of carbonyl (C=O) groups excluding carboxylic acids is 2. The van der Waals surface area contributed by atoms with Gasteiger partial charge in [0.05, 0.1) is 15.7 Å². The Bertz CT molecular complexity index is 1340. The molecule has 3 aromatic carbocycles. The Kier molecular flexibility index (Phi) is 8.36. The fourth-order valence-corrected chi connectivity index (χ4v) is 4.85. The van der Waals surface area contributed by atoms with Gasteiger partial charge in [0.25, 0.3) is 5.91 Å². The molecule has 35 heavy (non-hydrogen) atoms. The Balaban J connectivity index is 1.89. The van der Waals surface area contributed by atoms with Gasteiger partial charge in [-0.15, -0.1) is 0 Å². The van der Waals surface area contributed by atoms with Crippen LogP contribution in [0.25, 0.3) is 10.9 Å². The maximum absolute atomic E-state index is 14.1. The summed E-state index contributed by atoms with van der Waals surface area (Å²) < 4.78 is 0.834. The number of hydrogen-bond donors (Lipinski definition) is 2. The Labute approximate surface area is 227 Å². The number of para-hydroxylation sites is 2. The molecule has 0 aliphatic heterocycles. The van der Waals surface area contributed by atoms with E-state index in [0.717, 1.165) is 27.3 Å². The lowest BCUT2D eigenvalue weighted by Gasteiger charge is -2.31. The Morgan fingerprint density at radius 1 is 1.00 bits per heavy atom. The molecule has 0 spiro atoms. The first-order valence-electron chi connectivity index (χ1n) is 11.3. The van der Waals surface area contributed by atoms with Crippen LogP contribution in [0, 0.1) is 3.57 Å². The number of unbranched alkanes of at least 4 members (excludes halogenated alkanes) is 1. The molecular formula is C27H24Cl2IN3O2. The van der Waals surface area contributed by atoms with Crippen LogP contribution in [0.4, 0.5) is 5.69 Å². The molecule has 0 aliphatic carbocycles. The number of nitrogens with zero attached hydrogens (tertiary/aromatic N) is 1. The van der Waals surface area contributed by atoms with Crippen LogP contribution in [-0.2, 0) is 4.79 Å². The van der Waals surface area contributed by atoms with Crippen molar-refractivity contribution in [3.63, 3.8) is 0 Å². The minimum atomic E-state index is -0.933. The van der Waals surface area contributed by atoms with E-state index in [2.05, 4.69) is 39.8 Å². The highest BCUT2D eigenvalue weighted by Crippen LogP contribution is 2.35. The first kappa shape index (κ1) is 25.5. The molecule has 0 radical (unpaired) electrons. The lowest BCUT2D eigenvalue weighted by molar-refractivity contribution is -0.122. The number of hydrogen-bond acceptors (Lipinski definition) is 2. The topological polar surface area (TPSA) is 65.2 Å². The van der Waals surface area contributed by atoms with Gasteiger partial charge in [-0.2, -0.15) is 0 Å². The number of halogens is 3. The predicted molar refractivity (Wildman–Crippen MR) is 151 cm³/mol. The minimum absolute atomic E-state index is 0.266. The summed E-state index contributed by atoms with van der Waals surface area (Å²) in [6, 6.07) is 21.0. The molecule has 180 valence electrons. The average Bonchev–Trinajstić information content (AvgIpc) is 3.28. The highest BCUT2D eigenvalue weighted by atomic mass is 127. The maximum atomic E-state index is 14.1. The second kappa shape index (κ2) is 11.5. The number of nitrogens with one attached hydrogen (secondary N) is 2. The third-order valence-corrected chi connectivity index (χ3v) is 7.33. The van der Waals surface area contributed by atoms with E-state index in [1.165, 1.54) is 11.0 Å². The van der Waals surface area contributed by atoms with Crippen molar-refractivity contribution < 1.29 is 9.59 Å². The van der Waals surface area contributed by atoms with E-state index >= 15 is 0 Å². The lowest BCUT2D eigenvalue weighted by atomic mass is 10.1. The number of benzene rings is 3. The van der Waals surface area contributed by atoms with Crippen molar-refractivity contribution in [1.29, 1.82) is 0 Å². The third kappa shape index (κ3) is 5.66. The Morgan fingerprint density at radius 2 is 1.74 bits per heavy atom. The van der Waals surface area contributed by atoms with Crippen molar-refractivity contribution in [2.75, 3.05) is 11.4 Å². The minimum Gasteiger partial charge on any atom is -0.356 e. The standard InChI is InChI=1S/C27H24Cl2IN3O2/c1-2-3-14-31-26(34)25(23-16-17-8-4-6-10-22(17)32-23)33(24-11-7-5-9-21(24)30)27(35)18-12-13-19(28)20(29)15-18/h4-13,15-16,25,32H,2-3,14H2,1H3,(H,31,34). The summed E-state index contributed by atoms with van der Waals surface area (Å²) in [6.07, 6.45) is 1.79. The third-order valence-electron chi connectivity index (χ3n) is 5.68. The van der Waals surface area contributed by atoms with Gasteiger partial charge in [-0.05, 0) is 76.9 Å². The van der Waals surface area contributed by atoms with Gasteiger partial charge in [0.2, 0.25) is 5.91 Å². The molecule has 0 aliphatic rings. The van der Waals surface area contributed by atoms with Gasteiger partial charge in [0, 0.05) is 26.9 Å². The first-order chi connectivity index (χ1) is 16.9. The molecule has 1 unspecified atom stereocenters. The van der Waals surface area contributed by atoms with Crippen LogP contribution in [0.3, 0.4) is 0 Å². The van der Waals surface area contributed by atoms with Crippen LogP contribution in [0.15, 0.2) is 72.8 Å². The van der Waals surface area contributed by atoms with Crippen LogP contribution < -0.4 is 10.2 Å². The summed E-state index contributed by atoms with van der Waals surface area (Å²) in [5, 5.41) is 4.61. The van der Waals surface area contributed by atoms with E-state index in [-0.39, 0.29) is 16.8 Å². The molecule has 1 atom stereocenters. The molecule has 0 bridgehead atoms. The van der Waals surface area contributed by atoms with Crippen LogP contribution in [-0.4, -0.2) is 23.3 Å². The molecule has 0 fully saturated rings. The molecule has 5 nitrogen and oxygen atoms in total. The second-order valence-electron chi connectivity index (χ2n) is 8.11. The lowest BCUT2D eigenvalue weighted by Crippen LogP contribution is -2.44. The van der Waals surface area contributed by atoms with Gasteiger partial charge in [0.1, 0.15) is 0 Å². The van der Waals surface area contributed by atoms with E-state index in [1.807, 2.05) is 54.6 Å². The van der Waals surface area contributed by atoms with Crippen molar-refractivity contribution in [2.24, 2.45) is 0 Å². The maximum Gasteiger partial charge on any atom is 0.259 e. The molecule has 1 aromatic heterocycles. The number of carbonyl (C=O) groups is 2. The Morgan fingerprint density at radius 3 is 2.46 bits per heavy atom. The van der Waals surface area contributed by atoms with E-state index in [9.17, 15) is 9.59 Å². The van der Waals surface area contributed by atoms with Crippen molar-refractivity contribution in [1.82, 2.24) is 10.3 Å². The van der Waals surface area contributed by atoms with Crippen LogP contribution >= 0.6 is 45.8 Å². The number of anilines is 1. The molecule has 2 amide bonds. The SMILES string of the molecule is CCCCNC(=O)C(c1cc2ccccc2[nH]1)N(C(=O)c1ccc(Cl)c(Cl)c1)c1ccccc1I. The van der Waals surface area contributed by atoms with Gasteiger partial charge in [-0.1, -0.05) is 66.9 Å². The van der Waals surface area contributed by atoms with Gasteiger partial charge < -0.3 is 10.3 Å². The van der Waals surface area contributed by atoms with Gasteiger partial charge in [-0.3, -0.25) is 14.5 Å². The summed E-state index contributed by atoms with van der Waals surface area (Å²) in [5.74, 6) is -0.625. The molecular weight excluding hydrogens is 596 g/mol. The summed E-state index contributed by atoms with van der Waals surface area (Å²) in [6.45, 7) is 2.58. The van der Waals surface area contributed by atoms with Gasteiger partial charge in [-0.25, -0.2) is 0 Å². The van der Waals surface area contributed by atoms with Crippen LogP contribution in [0.5, 0.6) is 0 Å². The van der Waals surface area contributed by atoms with Gasteiger partial charge >= 0.3 is 0 Å². The van der Waals surface area contributed by atoms with E-state index in [4.69, 9.17) is 23.2 Å². The molecule has 0 saturated carbocycles. The molecule has 0 saturated heterocycles. The molecule has 1 heterocycles. The van der Waals surface area contributed by atoms with E-state index in [0.29, 0.717) is 28.5 Å². The molecule has 8 heteroatoms. The fraction of sp³-hybridized carbons (Fsp3) is 0.185. The van der Waals surface area contributed by atoms with Crippen LogP contribution in [0.2, 0.25) is 10.0 Å². The smallest absolute Gasteiger partial charge is 0.259 e. The van der Waals surface area contributed by atoms with E-state index in [1.54, 1.807) is 12.1 Å².